The van der Waals surface area contributed by atoms with Crippen molar-refractivity contribution in [1.82, 2.24) is 0 Å². The number of hydrogen-bond acceptors (Lipinski definition) is 3. The van der Waals surface area contributed by atoms with Gasteiger partial charge in [0.1, 0.15) is 17.8 Å². The fourth-order valence-corrected chi connectivity index (χ4v) is 0.675. The molecule has 1 aromatic rings. The fraction of sp³-hybridized carbons (Fsp3) is 0. The molecule has 0 aliphatic carbocycles. The summed E-state index contributed by atoms with van der Waals surface area (Å²) in [6, 6.07) is 6.48. The molecule has 0 fully saturated rings. The van der Waals surface area contributed by atoms with Crippen molar-refractivity contribution in [2.75, 3.05) is 0 Å². The second-order valence-electron chi connectivity index (χ2n) is 1.94. The van der Waals surface area contributed by atoms with E-state index in [-0.39, 0.29) is 5.75 Å². The van der Waals surface area contributed by atoms with Crippen LogP contribution in [-0.2, 0) is 0 Å². The summed E-state index contributed by atoms with van der Waals surface area (Å²) < 4.78 is 4.97. The van der Waals surface area contributed by atoms with Crippen LogP contribution < -0.4 is 10.5 Å². The van der Waals surface area contributed by atoms with Gasteiger partial charge in [0.2, 0.25) is 0 Å². The van der Waals surface area contributed by atoms with E-state index in [1.165, 1.54) is 18.5 Å². The van der Waals surface area contributed by atoms with Gasteiger partial charge in [-0.3, -0.25) is 0 Å². The van der Waals surface area contributed by atoms with Gasteiger partial charge in [-0.2, -0.15) is 0 Å². The summed E-state index contributed by atoms with van der Waals surface area (Å²) in [5, 5.41) is 8.98. The topological polar surface area (TPSA) is 55.5 Å². The normalized spacial score (nSPS) is 10.2. The Hall–Kier alpha value is -1.64. The van der Waals surface area contributed by atoms with E-state index in [4.69, 9.17) is 15.6 Å². The Bertz CT molecular complexity index is 258. The van der Waals surface area contributed by atoms with E-state index in [0.717, 1.165) is 0 Å². The number of phenols is 1. The highest BCUT2D eigenvalue weighted by Gasteiger charge is 1.90. The molecule has 3 heteroatoms. The smallest absolute Gasteiger partial charge is 0.130 e. The minimum Gasteiger partial charge on any atom is -0.508 e. The summed E-state index contributed by atoms with van der Waals surface area (Å²) in [4.78, 5) is 0. The molecule has 3 nitrogen and oxygen atoms in total. The summed E-state index contributed by atoms with van der Waals surface area (Å²) >= 11 is 0. The van der Waals surface area contributed by atoms with Crippen molar-refractivity contribution in [2.24, 2.45) is 5.73 Å². The zero-order chi connectivity index (χ0) is 8.10. The van der Waals surface area contributed by atoms with Gasteiger partial charge < -0.3 is 15.6 Å². The summed E-state index contributed by atoms with van der Waals surface area (Å²) in [5.41, 5.74) is 5.05. The van der Waals surface area contributed by atoms with Crippen LogP contribution in [-0.4, -0.2) is 5.11 Å². The molecule has 0 radical (unpaired) electrons. The average molecular weight is 151 g/mol. The van der Waals surface area contributed by atoms with Gasteiger partial charge in [-0.05, 0) is 12.1 Å². The van der Waals surface area contributed by atoms with Gasteiger partial charge in [0, 0.05) is 12.3 Å². The van der Waals surface area contributed by atoms with Gasteiger partial charge in [-0.15, -0.1) is 0 Å². The molecule has 1 aromatic carbocycles. The second-order valence-corrected chi connectivity index (χ2v) is 1.94. The van der Waals surface area contributed by atoms with E-state index in [1.54, 1.807) is 18.2 Å². The first kappa shape index (κ1) is 7.47. The van der Waals surface area contributed by atoms with Gasteiger partial charge in [0.05, 0.1) is 0 Å². The van der Waals surface area contributed by atoms with Crippen molar-refractivity contribution in [3.05, 3.63) is 36.7 Å². The van der Waals surface area contributed by atoms with E-state index in [1.807, 2.05) is 0 Å². The van der Waals surface area contributed by atoms with Gasteiger partial charge >= 0.3 is 0 Å². The fourth-order valence-electron chi connectivity index (χ4n) is 0.675. The summed E-state index contributed by atoms with van der Waals surface area (Å²) in [6.45, 7) is 0. The molecule has 1 rings (SSSR count). The Balaban J connectivity index is 2.71. The van der Waals surface area contributed by atoms with Crippen LogP contribution >= 0.6 is 0 Å². The number of aromatic hydroxyl groups is 1. The summed E-state index contributed by atoms with van der Waals surface area (Å²) in [5.74, 6) is 0.736. The number of hydrogen-bond donors (Lipinski definition) is 2. The Labute approximate surface area is 64.7 Å². The predicted molar refractivity (Wildman–Crippen MR) is 42.1 cm³/mol. The molecule has 0 saturated carbocycles. The van der Waals surface area contributed by atoms with Crippen LogP contribution in [0.3, 0.4) is 0 Å². The van der Waals surface area contributed by atoms with Crippen LogP contribution in [0.15, 0.2) is 36.7 Å². The number of phenolic OH excluding ortho intramolecular Hbond substituents is 1. The Morgan fingerprint density at radius 3 is 2.91 bits per heavy atom. The van der Waals surface area contributed by atoms with Gasteiger partial charge in [-0.25, -0.2) is 0 Å². The van der Waals surface area contributed by atoms with E-state index < -0.39 is 0 Å². The zero-order valence-electron chi connectivity index (χ0n) is 5.90. The minimum absolute atomic E-state index is 0.174. The quantitative estimate of drug-likeness (QED) is 0.624. The SMILES string of the molecule is N/C=C/Oc1cccc(O)c1. The van der Waals surface area contributed by atoms with Crippen molar-refractivity contribution in [3.63, 3.8) is 0 Å². The molecule has 0 saturated heterocycles. The minimum atomic E-state index is 0.174. The lowest BCUT2D eigenvalue weighted by atomic mass is 10.3. The zero-order valence-corrected chi connectivity index (χ0v) is 5.90. The molecule has 11 heavy (non-hydrogen) atoms. The molecular weight excluding hydrogens is 142 g/mol. The molecule has 0 heterocycles. The maximum Gasteiger partial charge on any atom is 0.130 e. The predicted octanol–water partition coefficient (Wildman–Crippen LogP) is 1.20. The van der Waals surface area contributed by atoms with Crippen LogP contribution in [0.1, 0.15) is 0 Å². The molecule has 0 spiro atoms. The first-order valence-corrected chi connectivity index (χ1v) is 3.15. The third-order valence-corrected chi connectivity index (χ3v) is 1.10. The van der Waals surface area contributed by atoms with E-state index in [0.29, 0.717) is 5.75 Å². The highest BCUT2D eigenvalue weighted by molar-refractivity contribution is 5.32. The third kappa shape index (κ3) is 2.21. The van der Waals surface area contributed by atoms with Gasteiger partial charge in [0.15, 0.2) is 0 Å². The highest BCUT2D eigenvalue weighted by atomic mass is 16.5. The van der Waals surface area contributed by atoms with Crippen LogP contribution in [0.4, 0.5) is 0 Å². The Kier molecular flexibility index (Phi) is 2.38. The molecule has 0 bridgehead atoms. The van der Waals surface area contributed by atoms with Crippen LogP contribution in [0.2, 0.25) is 0 Å². The average Bonchev–Trinajstić information content (AvgIpc) is 2.01. The molecule has 0 atom stereocenters. The van der Waals surface area contributed by atoms with Crippen molar-refractivity contribution in [3.8, 4) is 11.5 Å². The van der Waals surface area contributed by atoms with Crippen molar-refractivity contribution in [1.29, 1.82) is 0 Å². The standard InChI is InChI=1S/C8H9NO2/c9-4-5-11-8-3-1-2-7(10)6-8/h1-6,10H,9H2/b5-4+. The molecule has 58 valence electrons. The first-order valence-electron chi connectivity index (χ1n) is 3.15. The number of nitrogens with two attached hydrogens (primary N) is 1. The number of rotatable bonds is 2. The lowest BCUT2D eigenvalue weighted by molar-refractivity contribution is 0.454. The number of ether oxygens (including phenoxy) is 1. The van der Waals surface area contributed by atoms with Gasteiger partial charge in [0.25, 0.3) is 0 Å². The maximum absolute atomic E-state index is 8.98. The largest absolute Gasteiger partial charge is 0.508 e. The van der Waals surface area contributed by atoms with E-state index in [9.17, 15) is 0 Å². The molecule has 0 aromatic heterocycles. The summed E-state index contributed by atoms with van der Waals surface area (Å²) in [6.07, 6.45) is 2.62. The lowest BCUT2D eigenvalue weighted by Crippen LogP contribution is -1.84. The van der Waals surface area contributed by atoms with Crippen molar-refractivity contribution < 1.29 is 9.84 Å². The van der Waals surface area contributed by atoms with Crippen LogP contribution in [0, 0.1) is 0 Å². The van der Waals surface area contributed by atoms with Crippen molar-refractivity contribution >= 4 is 0 Å². The third-order valence-electron chi connectivity index (χ3n) is 1.10. The first-order chi connectivity index (χ1) is 5.33. The van der Waals surface area contributed by atoms with Crippen LogP contribution in [0.25, 0.3) is 0 Å². The van der Waals surface area contributed by atoms with E-state index >= 15 is 0 Å². The summed E-state index contributed by atoms with van der Waals surface area (Å²) in [7, 11) is 0. The molecule has 0 amide bonds. The second kappa shape index (κ2) is 3.51. The molecule has 0 aliphatic heterocycles. The van der Waals surface area contributed by atoms with Gasteiger partial charge in [-0.1, -0.05) is 6.07 Å². The Morgan fingerprint density at radius 2 is 2.27 bits per heavy atom. The van der Waals surface area contributed by atoms with Crippen molar-refractivity contribution in [2.45, 2.75) is 0 Å². The Morgan fingerprint density at radius 1 is 1.45 bits per heavy atom. The molecule has 0 unspecified atom stereocenters. The molecular formula is C8H9NO2. The van der Waals surface area contributed by atoms with Crippen LogP contribution in [0.5, 0.6) is 11.5 Å². The monoisotopic (exact) mass is 151 g/mol. The maximum atomic E-state index is 8.98. The highest BCUT2D eigenvalue weighted by Crippen LogP contribution is 2.17. The lowest BCUT2D eigenvalue weighted by Gasteiger charge is -1.98. The molecule has 3 N–H and O–H groups in total. The van der Waals surface area contributed by atoms with E-state index in [2.05, 4.69) is 0 Å². The number of benzene rings is 1. The molecule has 0 aliphatic rings.